The Labute approximate surface area is 192 Å². The van der Waals surface area contributed by atoms with E-state index < -0.39 is 5.60 Å². The van der Waals surface area contributed by atoms with Crippen LogP contribution in [-0.2, 0) is 5.60 Å². The fourth-order valence-corrected chi connectivity index (χ4v) is 3.88. The molecule has 2 nitrogen and oxygen atoms in total. The SMILES string of the molecule is CC(C)(C)C#Cc1c(C(O)(c2ccc(Cl)cc2)c2ccc(Cl)cc2)[nH]c2ccccc12. The number of aliphatic hydroxyl groups is 1. The Morgan fingerprint density at radius 3 is 1.81 bits per heavy atom. The lowest BCUT2D eigenvalue weighted by atomic mass is 9.81. The van der Waals surface area contributed by atoms with Crippen molar-refractivity contribution in [3.63, 3.8) is 0 Å². The van der Waals surface area contributed by atoms with E-state index in [2.05, 4.69) is 37.6 Å². The Hall–Kier alpha value is -2.70. The van der Waals surface area contributed by atoms with Gasteiger partial charge in [-0.3, -0.25) is 0 Å². The van der Waals surface area contributed by atoms with Gasteiger partial charge in [0.05, 0.1) is 11.3 Å². The number of H-pyrrole nitrogens is 1. The average molecular weight is 448 g/mol. The van der Waals surface area contributed by atoms with Crippen molar-refractivity contribution in [3.05, 3.63) is 105 Å². The number of aromatic amines is 1. The van der Waals surface area contributed by atoms with Crippen molar-refractivity contribution in [1.82, 2.24) is 4.98 Å². The predicted molar refractivity (Wildman–Crippen MR) is 130 cm³/mol. The van der Waals surface area contributed by atoms with Crippen LogP contribution in [0.1, 0.15) is 43.2 Å². The molecule has 0 aliphatic heterocycles. The molecule has 1 aromatic heterocycles. The largest absolute Gasteiger partial charge is 0.374 e. The smallest absolute Gasteiger partial charge is 0.156 e. The number of rotatable bonds is 3. The zero-order valence-electron chi connectivity index (χ0n) is 17.6. The van der Waals surface area contributed by atoms with Gasteiger partial charge < -0.3 is 10.1 Å². The van der Waals surface area contributed by atoms with Crippen LogP contribution in [0.5, 0.6) is 0 Å². The highest BCUT2D eigenvalue weighted by Crippen LogP contribution is 2.40. The van der Waals surface area contributed by atoms with Crippen LogP contribution in [0.15, 0.2) is 72.8 Å². The van der Waals surface area contributed by atoms with Crippen LogP contribution in [0.4, 0.5) is 0 Å². The fourth-order valence-electron chi connectivity index (χ4n) is 3.63. The van der Waals surface area contributed by atoms with Gasteiger partial charge in [-0.05, 0) is 62.2 Å². The van der Waals surface area contributed by atoms with Crippen LogP contribution < -0.4 is 0 Å². The molecule has 0 bridgehead atoms. The molecule has 0 aliphatic rings. The number of hydrogen-bond acceptors (Lipinski definition) is 1. The van der Waals surface area contributed by atoms with E-state index in [0.717, 1.165) is 16.5 Å². The second-order valence-electron chi connectivity index (χ2n) is 8.64. The summed E-state index contributed by atoms with van der Waals surface area (Å²) in [5, 5.41) is 14.5. The number of hydrogen-bond donors (Lipinski definition) is 2. The molecule has 0 spiro atoms. The Bertz CT molecular complexity index is 1240. The molecule has 31 heavy (non-hydrogen) atoms. The molecule has 0 fully saturated rings. The molecule has 3 aromatic carbocycles. The second kappa shape index (κ2) is 8.09. The summed E-state index contributed by atoms with van der Waals surface area (Å²) >= 11 is 12.3. The topological polar surface area (TPSA) is 36.0 Å². The summed E-state index contributed by atoms with van der Waals surface area (Å²) in [5.41, 5.74) is 2.02. The first kappa shape index (κ1) is 21.5. The molecule has 2 N–H and O–H groups in total. The summed E-state index contributed by atoms with van der Waals surface area (Å²) in [7, 11) is 0. The quantitative estimate of drug-likeness (QED) is 0.321. The number of nitrogens with one attached hydrogen (secondary N) is 1. The first-order valence-corrected chi connectivity index (χ1v) is 10.8. The third-order valence-corrected chi connectivity index (χ3v) is 5.66. The minimum absolute atomic E-state index is 0.186. The van der Waals surface area contributed by atoms with Gasteiger partial charge in [0.1, 0.15) is 0 Å². The van der Waals surface area contributed by atoms with E-state index in [-0.39, 0.29) is 5.41 Å². The van der Waals surface area contributed by atoms with E-state index in [1.54, 1.807) is 24.3 Å². The Kier molecular flexibility index (Phi) is 5.62. The van der Waals surface area contributed by atoms with Crippen LogP contribution in [-0.4, -0.2) is 10.1 Å². The van der Waals surface area contributed by atoms with E-state index in [0.29, 0.717) is 26.9 Å². The van der Waals surface area contributed by atoms with Gasteiger partial charge in [0, 0.05) is 26.4 Å². The molecular weight excluding hydrogens is 425 g/mol. The van der Waals surface area contributed by atoms with E-state index in [1.807, 2.05) is 48.5 Å². The van der Waals surface area contributed by atoms with Gasteiger partial charge in [0.2, 0.25) is 0 Å². The lowest BCUT2D eigenvalue weighted by Crippen LogP contribution is -2.30. The third kappa shape index (κ3) is 4.23. The molecule has 0 aliphatic carbocycles. The van der Waals surface area contributed by atoms with Crippen LogP contribution in [0.25, 0.3) is 10.9 Å². The van der Waals surface area contributed by atoms with E-state index in [4.69, 9.17) is 23.2 Å². The minimum Gasteiger partial charge on any atom is -0.374 e. The number of halogens is 2. The molecule has 0 saturated carbocycles. The van der Waals surface area contributed by atoms with Gasteiger partial charge in [-0.2, -0.15) is 0 Å². The van der Waals surface area contributed by atoms with Crippen LogP contribution in [0.3, 0.4) is 0 Å². The lowest BCUT2D eigenvalue weighted by Gasteiger charge is -2.29. The monoisotopic (exact) mass is 447 g/mol. The maximum Gasteiger partial charge on any atom is 0.156 e. The Morgan fingerprint density at radius 1 is 0.774 bits per heavy atom. The number of para-hydroxylation sites is 1. The highest BCUT2D eigenvalue weighted by Gasteiger charge is 2.38. The summed E-state index contributed by atoms with van der Waals surface area (Å²) in [6, 6.07) is 22.4. The Morgan fingerprint density at radius 2 is 1.29 bits per heavy atom. The van der Waals surface area contributed by atoms with Crippen LogP contribution in [0, 0.1) is 17.3 Å². The standard InChI is InChI=1S/C27H23Cl2NO/c1-26(2,3)17-16-23-22-6-4-5-7-24(22)30-25(23)27(31,18-8-12-20(28)13-9-18)19-10-14-21(29)15-11-19/h4-15,30-31H,1-3H3. The van der Waals surface area contributed by atoms with Crippen molar-refractivity contribution in [3.8, 4) is 11.8 Å². The van der Waals surface area contributed by atoms with Gasteiger partial charge in [0.25, 0.3) is 0 Å². The number of benzene rings is 3. The summed E-state index contributed by atoms with van der Waals surface area (Å²) < 4.78 is 0. The fraction of sp³-hybridized carbons (Fsp3) is 0.185. The molecular formula is C27H23Cl2NO. The summed E-state index contributed by atoms with van der Waals surface area (Å²) in [4.78, 5) is 3.45. The second-order valence-corrected chi connectivity index (χ2v) is 9.52. The first-order chi connectivity index (χ1) is 14.7. The van der Waals surface area contributed by atoms with Gasteiger partial charge in [0.15, 0.2) is 5.60 Å². The van der Waals surface area contributed by atoms with Crippen molar-refractivity contribution in [1.29, 1.82) is 0 Å². The van der Waals surface area contributed by atoms with Crippen molar-refractivity contribution >= 4 is 34.1 Å². The summed E-state index contributed by atoms with van der Waals surface area (Å²) in [6.07, 6.45) is 0. The molecule has 4 aromatic rings. The third-order valence-electron chi connectivity index (χ3n) is 5.15. The number of aromatic nitrogens is 1. The zero-order valence-corrected chi connectivity index (χ0v) is 19.1. The van der Waals surface area contributed by atoms with Crippen molar-refractivity contribution in [2.75, 3.05) is 0 Å². The first-order valence-electron chi connectivity index (χ1n) is 10.1. The highest BCUT2D eigenvalue weighted by atomic mass is 35.5. The normalized spacial score (nSPS) is 11.9. The van der Waals surface area contributed by atoms with Crippen LogP contribution >= 0.6 is 23.2 Å². The maximum absolute atomic E-state index is 12.3. The molecule has 0 atom stereocenters. The van der Waals surface area contributed by atoms with E-state index >= 15 is 0 Å². The molecule has 1 heterocycles. The van der Waals surface area contributed by atoms with Crippen molar-refractivity contribution < 1.29 is 5.11 Å². The van der Waals surface area contributed by atoms with E-state index in [9.17, 15) is 5.11 Å². The average Bonchev–Trinajstić information content (AvgIpc) is 3.11. The molecule has 4 rings (SSSR count). The summed E-state index contributed by atoms with van der Waals surface area (Å²) in [6.45, 7) is 6.21. The molecule has 0 amide bonds. The van der Waals surface area contributed by atoms with Gasteiger partial charge in [-0.15, -0.1) is 0 Å². The van der Waals surface area contributed by atoms with Crippen molar-refractivity contribution in [2.45, 2.75) is 26.4 Å². The van der Waals surface area contributed by atoms with E-state index in [1.165, 1.54) is 0 Å². The minimum atomic E-state index is -1.48. The molecule has 0 unspecified atom stereocenters. The molecule has 156 valence electrons. The number of fused-ring (bicyclic) bond motifs is 1. The zero-order chi connectivity index (χ0) is 22.2. The van der Waals surface area contributed by atoms with Crippen LogP contribution in [0.2, 0.25) is 10.0 Å². The van der Waals surface area contributed by atoms with Gasteiger partial charge in [-0.25, -0.2) is 0 Å². The highest BCUT2D eigenvalue weighted by molar-refractivity contribution is 6.30. The van der Waals surface area contributed by atoms with Gasteiger partial charge in [-0.1, -0.05) is 77.5 Å². The molecule has 0 radical (unpaired) electrons. The molecule has 4 heteroatoms. The molecule has 0 saturated heterocycles. The lowest BCUT2D eigenvalue weighted by molar-refractivity contribution is 0.121. The maximum atomic E-state index is 12.3. The Balaban J connectivity index is 2.07. The summed E-state index contributed by atoms with van der Waals surface area (Å²) in [5.74, 6) is 6.68. The van der Waals surface area contributed by atoms with Crippen molar-refractivity contribution in [2.24, 2.45) is 5.41 Å². The predicted octanol–water partition coefficient (Wildman–Crippen LogP) is 7.16. The van der Waals surface area contributed by atoms with Gasteiger partial charge >= 0.3 is 0 Å².